The normalized spacial score (nSPS) is 12.0. The lowest BCUT2D eigenvalue weighted by Gasteiger charge is -2.13. The van der Waals surface area contributed by atoms with Gasteiger partial charge in [-0.05, 0) is 66.8 Å². The van der Waals surface area contributed by atoms with Gasteiger partial charge in [-0.1, -0.05) is 18.0 Å². The summed E-state index contributed by atoms with van der Waals surface area (Å²) in [5.41, 5.74) is 0. The van der Waals surface area contributed by atoms with E-state index in [1.165, 1.54) is 16.2 Å². The summed E-state index contributed by atoms with van der Waals surface area (Å²) in [7, 11) is 0. The molecular formula is C17H19ClO3S2. The van der Waals surface area contributed by atoms with Crippen LogP contribution in [-0.2, 0) is 4.79 Å². The van der Waals surface area contributed by atoms with Crippen LogP contribution in [0.2, 0.25) is 5.02 Å². The molecule has 0 spiro atoms. The number of aliphatic carboxylic acids is 1. The van der Waals surface area contributed by atoms with Crippen molar-refractivity contribution in [3.05, 3.63) is 46.8 Å². The summed E-state index contributed by atoms with van der Waals surface area (Å²) in [5, 5.41) is 12.5. The largest absolute Gasteiger partial charge is 0.479 e. The lowest BCUT2D eigenvalue weighted by Crippen LogP contribution is -2.26. The van der Waals surface area contributed by atoms with Gasteiger partial charge in [0.1, 0.15) is 0 Å². The van der Waals surface area contributed by atoms with E-state index < -0.39 is 12.1 Å². The first-order chi connectivity index (χ1) is 11.1. The number of ether oxygens (including phenoxy) is 1. The van der Waals surface area contributed by atoms with Crippen LogP contribution in [0, 0.1) is 0 Å². The van der Waals surface area contributed by atoms with E-state index in [4.69, 9.17) is 16.3 Å². The van der Waals surface area contributed by atoms with Crippen molar-refractivity contribution in [2.75, 3.05) is 5.75 Å². The van der Waals surface area contributed by atoms with Gasteiger partial charge in [-0.3, -0.25) is 0 Å². The van der Waals surface area contributed by atoms with Gasteiger partial charge in [0.05, 0.1) is 0 Å². The third-order valence-corrected chi connectivity index (χ3v) is 5.33. The number of hydrogen-bond donors (Lipinski definition) is 1. The SMILES string of the molecule is O=C(O)C(CCCCCSc1ccc(Cl)cc1)Oc1cccs1. The summed E-state index contributed by atoms with van der Waals surface area (Å²) >= 11 is 9.06. The van der Waals surface area contributed by atoms with Crippen molar-refractivity contribution in [1.82, 2.24) is 0 Å². The van der Waals surface area contributed by atoms with Gasteiger partial charge in [-0.2, -0.15) is 0 Å². The Kier molecular flexibility index (Phi) is 7.79. The smallest absolute Gasteiger partial charge is 0.344 e. The highest BCUT2D eigenvalue weighted by atomic mass is 35.5. The molecule has 0 fully saturated rings. The number of carboxylic acids is 1. The molecule has 0 saturated heterocycles. The van der Waals surface area contributed by atoms with Gasteiger partial charge in [0.2, 0.25) is 0 Å². The Hall–Kier alpha value is -1.17. The molecule has 1 unspecified atom stereocenters. The van der Waals surface area contributed by atoms with E-state index in [0.29, 0.717) is 11.5 Å². The Morgan fingerprint density at radius 3 is 2.65 bits per heavy atom. The van der Waals surface area contributed by atoms with Crippen LogP contribution < -0.4 is 4.74 Å². The summed E-state index contributed by atoms with van der Waals surface area (Å²) in [5.74, 6) is 0.124. The van der Waals surface area contributed by atoms with Gasteiger partial charge in [-0.25, -0.2) is 4.79 Å². The molecule has 1 aromatic carbocycles. The van der Waals surface area contributed by atoms with Crippen molar-refractivity contribution in [1.29, 1.82) is 0 Å². The second kappa shape index (κ2) is 9.85. The number of carboxylic acid groups (broad SMARTS) is 1. The summed E-state index contributed by atoms with van der Waals surface area (Å²) in [6.07, 6.45) is 2.69. The average molecular weight is 371 g/mol. The first-order valence-electron chi connectivity index (χ1n) is 7.46. The summed E-state index contributed by atoms with van der Waals surface area (Å²) in [4.78, 5) is 12.4. The molecule has 2 rings (SSSR count). The molecule has 6 heteroatoms. The van der Waals surface area contributed by atoms with Crippen LogP contribution in [0.15, 0.2) is 46.7 Å². The Balaban J connectivity index is 1.61. The minimum Gasteiger partial charge on any atom is -0.479 e. The van der Waals surface area contributed by atoms with Gasteiger partial charge < -0.3 is 9.84 Å². The van der Waals surface area contributed by atoms with Gasteiger partial charge in [-0.15, -0.1) is 23.1 Å². The van der Waals surface area contributed by atoms with E-state index in [9.17, 15) is 9.90 Å². The Morgan fingerprint density at radius 2 is 2.00 bits per heavy atom. The predicted molar refractivity (Wildman–Crippen MR) is 97.0 cm³/mol. The molecule has 0 aliphatic heterocycles. The van der Waals surface area contributed by atoms with E-state index >= 15 is 0 Å². The maximum absolute atomic E-state index is 11.2. The molecule has 0 bridgehead atoms. The third kappa shape index (κ3) is 6.85. The molecule has 0 radical (unpaired) electrons. The van der Waals surface area contributed by atoms with Crippen LogP contribution in [0.4, 0.5) is 0 Å². The number of thioether (sulfide) groups is 1. The highest BCUT2D eigenvalue weighted by Gasteiger charge is 2.19. The van der Waals surface area contributed by atoms with E-state index in [-0.39, 0.29) is 0 Å². The number of rotatable bonds is 10. The zero-order chi connectivity index (χ0) is 16.5. The second-order valence-electron chi connectivity index (χ2n) is 5.03. The van der Waals surface area contributed by atoms with Crippen LogP contribution >= 0.6 is 34.7 Å². The van der Waals surface area contributed by atoms with Crippen molar-refractivity contribution >= 4 is 40.7 Å². The first kappa shape index (κ1) is 18.2. The summed E-state index contributed by atoms with van der Waals surface area (Å²) in [6, 6.07) is 11.5. The quantitative estimate of drug-likeness (QED) is 0.437. The first-order valence-corrected chi connectivity index (χ1v) is 9.71. The standard InChI is InChI=1S/C17H19ClO3S2/c18-13-7-9-14(10-8-13)22-11-3-1-2-5-15(17(19)20)21-16-6-4-12-23-16/h4,6-10,12,15H,1-3,5,11H2,(H,19,20). The van der Waals surface area contributed by atoms with Gasteiger partial charge >= 0.3 is 5.97 Å². The molecule has 0 amide bonds. The molecule has 1 heterocycles. The Labute approximate surface area is 149 Å². The van der Waals surface area contributed by atoms with Crippen molar-refractivity contribution in [2.24, 2.45) is 0 Å². The predicted octanol–water partition coefficient (Wildman–Crippen LogP) is 5.59. The number of benzene rings is 1. The summed E-state index contributed by atoms with van der Waals surface area (Å²) < 4.78 is 5.50. The molecule has 3 nitrogen and oxygen atoms in total. The molecule has 1 aromatic heterocycles. The van der Waals surface area contributed by atoms with Crippen LogP contribution in [0.5, 0.6) is 5.06 Å². The number of thiophene rings is 1. The fourth-order valence-electron chi connectivity index (χ4n) is 2.03. The van der Waals surface area contributed by atoms with Crippen LogP contribution in [0.1, 0.15) is 25.7 Å². The number of carbonyl (C=O) groups is 1. The van der Waals surface area contributed by atoms with Crippen LogP contribution in [-0.4, -0.2) is 22.9 Å². The highest BCUT2D eigenvalue weighted by molar-refractivity contribution is 7.99. The van der Waals surface area contributed by atoms with Gasteiger partial charge in [0.25, 0.3) is 0 Å². The average Bonchev–Trinajstić information content (AvgIpc) is 3.04. The lowest BCUT2D eigenvalue weighted by atomic mass is 10.1. The minimum absolute atomic E-state index is 0.541. The molecule has 1 atom stereocenters. The van der Waals surface area contributed by atoms with Crippen molar-refractivity contribution in [3.63, 3.8) is 0 Å². The lowest BCUT2D eigenvalue weighted by molar-refractivity contribution is -0.145. The zero-order valence-corrected chi connectivity index (χ0v) is 15.0. The maximum Gasteiger partial charge on any atom is 0.344 e. The minimum atomic E-state index is -0.895. The molecular weight excluding hydrogens is 352 g/mol. The Morgan fingerprint density at radius 1 is 1.22 bits per heavy atom. The fourth-order valence-corrected chi connectivity index (χ4v) is 3.69. The monoisotopic (exact) mass is 370 g/mol. The van der Waals surface area contributed by atoms with E-state index in [1.54, 1.807) is 17.8 Å². The molecule has 0 saturated carbocycles. The Bertz CT molecular complexity index is 584. The van der Waals surface area contributed by atoms with Crippen LogP contribution in [0.25, 0.3) is 0 Å². The van der Waals surface area contributed by atoms with Gasteiger partial charge in [0.15, 0.2) is 11.2 Å². The number of hydrogen-bond acceptors (Lipinski definition) is 4. The fraction of sp³-hybridized carbons (Fsp3) is 0.353. The van der Waals surface area contributed by atoms with E-state index in [0.717, 1.165) is 30.0 Å². The molecule has 0 aliphatic carbocycles. The second-order valence-corrected chi connectivity index (χ2v) is 7.54. The highest BCUT2D eigenvalue weighted by Crippen LogP contribution is 2.23. The maximum atomic E-state index is 11.2. The molecule has 0 aliphatic rings. The molecule has 23 heavy (non-hydrogen) atoms. The third-order valence-electron chi connectivity index (χ3n) is 3.22. The topological polar surface area (TPSA) is 46.5 Å². The van der Waals surface area contributed by atoms with Gasteiger partial charge in [0, 0.05) is 9.92 Å². The van der Waals surface area contributed by atoms with Crippen molar-refractivity contribution in [3.8, 4) is 5.06 Å². The zero-order valence-electron chi connectivity index (χ0n) is 12.6. The number of unbranched alkanes of at least 4 members (excludes halogenated alkanes) is 2. The molecule has 2 aromatic rings. The van der Waals surface area contributed by atoms with Crippen molar-refractivity contribution in [2.45, 2.75) is 36.7 Å². The number of halogens is 1. The summed E-state index contributed by atoms with van der Waals surface area (Å²) in [6.45, 7) is 0. The van der Waals surface area contributed by atoms with E-state index in [2.05, 4.69) is 0 Å². The van der Waals surface area contributed by atoms with Crippen LogP contribution in [0.3, 0.4) is 0 Å². The van der Waals surface area contributed by atoms with E-state index in [1.807, 2.05) is 35.7 Å². The molecule has 124 valence electrons. The van der Waals surface area contributed by atoms with Crippen molar-refractivity contribution < 1.29 is 14.6 Å². The molecule has 1 N–H and O–H groups in total.